The van der Waals surface area contributed by atoms with Crippen molar-refractivity contribution in [2.75, 3.05) is 31.2 Å². The van der Waals surface area contributed by atoms with Crippen LogP contribution in [0.2, 0.25) is 0 Å². The maximum atomic E-state index is 13.3. The summed E-state index contributed by atoms with van der Waals surface area (Å²) < 4.78 is 18.7. The molecule has 37 heavy (non-hydrogen) atoms. The van der Waals surface area contributed by atoms with Gasteiger partial charge in [0.05, 0.1) is 18.9 Å². The summed E-state index contributed by atoms with van der Waals surface area (Å²) in [6.45, 7) is 6.50. The number of amidine groups is 1. The van der Waals surface area contributed by atoms with E-state index in [0.717, 1.165) is 27.6 Å². The van der Waals surface area contributed by atoms with Crippen molar-refractivity contribution in [3.05, 3.63) is 114 Å². The van der Waals surface area contributed by atoms with E-state index in [4.69, 9.17) is 9.73 Å². The lowest BCUT2D eigenvalue weighted by atomic mass is 10.1. The van der Waals surface area contributed by atoms with Crippen LogP contribution in [0.5, 0.6) is 0 Å². The first-order valence-corrected chi connectivity index (χ1v) is 12.9. The van der Waals surface area contributed by atoms with Gasteiger partial charge in [-0.1, -0.05) is 30.5 Å². The zero-order valence-electron chi connectivity index (χ0n) is 20.2. The van der Waals surface area contributed by atoms with Crippen molar-refractivity contribution < 1.29 is 13.9 Å². The van der Waals surface area contributed by atoms with Crippen LogP contribution in [0, 0.1) is 5.82 Å². The Morgan fingerprint density at radius 2 is 1.70 bits per heavy atom. The van der Waals surface area contributed by atoms with Gasteiger partial charge in [0.1, 0.15) is 12.1 Å². The summed E-state index contributed by atoms with van der Waals surface area (Å²) in [5.74, 6) is 0.358. The monoisotopic (exact) mass is 515 g/mol. The Balaban J connectivity index is 1.39. The Hall–Kier alpha value is -3.82. The molecule has 188 valence electrons. The number of carbonyl (C=O) groups excluding carboxylic acids is 1. The highest BCUT2D eigenvalue weighted by Gasteiger charge is 2.22. The molecule has 1 amide bonds. The minimum Gasteiger partial charge on any atom is -0.378 e. The molecule has 0 saturated carbocycles. The summed E-state index contributed by atoms with van der Waals surface area (Å²) in [5, 5.41) is 0.745. The van der Waals surface area contributed by atoms with Gasteiger partial charge in [-0.3, -0.25) is 9.69 Å². The number of halogens is 1. The van der Waals surface area contributed by atoms with E-state index < -0.39 is 0 Å². The van der Waals surface area contributed by atoms with Crippen molar-refractivity contribution in [1.82, 2.24) is 14.9 Å². The summed E-state index contributed by atoms with van der Waals surface area (Å²) in [7, 11) is 0. The molecule has 7 nitrogen and oxygen atoms in total. The third-order valence-corrected chi connectivity index (χ3v) is 7.10. The quantitative estimate of drug-likeness (QED) is 0.468. The number of carbonyl (C=O) groups is 1. The van der Waals surface area contributed by atoms with Crippen molar-refractivity contribution in [3.8, 4) is 0 Å². The van der Waals surface area contributed by atoms with Gasteiger partial charge in [0, 0.05) is 55.1 Å². The molecule has 0 radical (unpaired) electrons. The van der Waals surface area contributed by atoms with Gasteiger partial charge in [-0.25, -0.2) is 19.4 Å². The smallest absolute Gasteiger partial charge is 0.254 e. The van der Waals surface area contributed by atoms with Gasteiger partial charge < -0.3 is 9.64 Å². The highest BCUT2D eigenvalue weighted by Crippen LogP contribution is 2.31. The van der Waals surface area contributed by atoms with E-state index in [0.29, 0.717) is 49.7 Å². The molecule has 0 atom stereocenters. The Bertz CT molecular complexity index is 1320. The summed E-state index contributed by atoms with van der Waals surface area (Å²) >= 11 is 1.54. The molecule has 0 unspecified atom stereocenters. The summed E-state index contributed by atoms with van der Waals surface area (Å²) in [4.78, 5) is 29.8. The first kappa shape index (κ1) is 24.9. The molecule has 0 aliphatic carbocycles. The predicted molar refractivity (Wildman–Crippen MR) is 144 cm³/mol. The fourth-order valence-corrected chi connectivity index (χ4v) is 5.00. The molecule has 3 aromatic rings. The molecule has 1 saturated heterocycles. The third kappa shape index (κ3) is 6.12. The second-order valence-electron chi connectivity index (χ2n) is 8.66. The normalized spacial score (nSPS) is 15.9. The Labute approximate surface area is 219 Å². The molecule has 2 aliphatic heterocycles. The van der Waals surface area contributed by atoms with E-state index in [1.54, 1.807) is 24.5 Å². The van der Waals surface area contributed by atoms with Crippen LogP contribution < -0.4 is 4.90 Å². The van der Waals surface area contributed by atoms with Gasteiger partial charge in [0.25, 0.3) is 5.91 Å². The van der Waals surface area contributed by atoms with Crippen LogP contribution in [0.3, 0.4) is 0 Å². The largest absolute Gasteiger partial charge is 0.378 e. The molecule has 0 bridgehead atoms. The van der Waals surface area contributed by atoms with Crippen molar-refractivity contribution >= 4 is 28.5 Å². The zero-order valence-corrected chi connectivity index (χ0v) is 21.0. The summed E-state index contributed by atoms with van der Waals surface area (Å²) in [5.41, 5.74) is 5.06. The van der Waals surface area contributed by atoms with Crippen molar-refractivity contribution in [2.24, 2.45) is 4.99 Å². The molecule has 3 heterocycles. The summed E-state index contributed by atoms with van der Waals surface area (Å²) in [6, 6.07) is 14.0. The highest BCUT2D eigenvalue weighted by atomic mass is 32.2. The number of hydrogen-bond donors (Lipinski definition) is 0. The number of anilines is 1. The van der Waals surface area contributed by atoms with Gasteiger partial charge in [-0.2, -0.15) is 0 Å². The molecule has 5 rings (SSSR count). The second-order valence-corrected chi connectivity index (χ2v) is 9.60. The number of aromatic nitrogens is 2. The molecular weight excluding hydrogens is 489 g/mol. The lowest BCUT2D eigenvalue weighted by Crippen LogP contribution is -2.40. The maximum Gasteiger partial charge on any atom is 0.254 e. The van der Waals surface area contributed by atoms with Crippen molar-refractivity contribution in [3.63, 3.8) is 0 Å². The van der Waals surface area contributed by atoms with Gasteiger partial charge in [-0.15, -0.1) is 0 Å². The lowest BCUT2D eigenvalue weighted by Gasteiger charge is -2.29. The number of thioether (sulfide) groups is 1. The fraction of sp³-hybridized carbons (Fsp3) is 0.214. The third-order valence-electron chi connectivity index (χ3n) is 6.07. The van der Waals surface area contributed by atoms with E-state index >= 15 is 0 Å². The van der Waals surface area contributed by atoms with Crippen LogP contribution in [0.25, 0.3) is 0 Å². The molecule has 1 aromatic heterocycles. The van der Waals surface area contributed by atoms with Crippen LogP contribution in [0.1, 0.15) is 21.5 Å². The molecular formula is C28H26FN5O2S. The van der Waals surface area contributed by atoms with Gasteiger partial charge in [0.2, 0.25) is 0 Å². The van der Waals surface area contributed by atoms with Crippen LogP contribution in [0.15, 0.2) is 96.3 Å². The zero-order chi connectivity index (χ0) is 25.6. The Morgan fingerprint density at radius 3 is 2.41 bits per heavy atom. The van der Waals surface area contributed by atoms with E-state index in [2.05, 4.69) is 16.5 Å². The van der Waals surface area contributed by atoms with Crippen LogP contribution in [0.4, 0.5) is 10.1 Å². The van der Waals surface area contributed by atoms with Crippen LogP contribution in [-0.2, 0) is 16.9 Å². The minimum atomic E-state index is -0.261. The molecule has 2 aromatic carbocycles. The number of morpholine rings is 1. The van der Waals surface area contributed by atoms with Crippen molar-refractivity contribution in [2.45, 2.75) is 12.2 Å². The number of hydrogen-bond acceptors (Lipinski definition) is 7. The van der Waals surface area contributed by atoms with Crippen LogP contribution >= 0.6 is 11.8 Å². The molecule has 1 fully saturated rings. The molecule has 2 aliphatic rings. The lowest BCUT2D eigenvalue weighted by molar-refractivity contribution is 0.0303. The molecule has 0 N–H and O–H groups in total. The second kappa shape index (κ2) is 11.5. The number of aliphatic imine (C=N–C) groups is 1. The van der Waals surface area contributed by atoms with Gasteiger partial charge in [0.15, 0.2) is 5.17 Å². The number of benzene rings is 2. The first-order valence-electron chi connectivity index (χ1n) is 11.9. The number of nitrogens with zero attached hydrogens (tertiary/aromatic N) is 5. The number of rotatable bonds is 6. The Kier molecular flexibility index (Phi) is 7.72. The van der Waals surface area contributed by atoms with E-state index in [1.807, 2.05) is 40.3 Å². The highest BCUT2D eigenvalue weighted by molar-refractivity contribution is 8.13. The van der Waals surface area contributed by atoms with E-state index in [1.165, 1.54) is 30.2 Å². The van der Waals surface area contributed by atoms with Crippen molar-refractivity contribution in [1.29, 1.82) is 0 Å². The Morgan fingerprint density at radius 1 is 1.00 bits per heavy atom. The topological polar surface area (TPSA) is 70.9 Å². The number of ether oxygens (including phenoxy) is 1. The molecule has 9 heteroatoms. The average molecular weight is 516 g/mol. The van der Waals surface area contributed by atoms with Gasteiger partial charge >= 0.3 is 0 Å². The minimum absolute atomic E-state index is 0.00163. The SMILES string of the molecule is C=C1N=C(SCc2ccc(F)cc2)N(c2ccc(C(=O)N3CCOCC3)cc2)C=C1Cc1cncnc1. The number of amides is 1. The maximum absolute atomic E-state index is 13.3. The fourth-order valence-electron chi connectivity index (χ4n) is 4.04. The standard InChI is InChI=1S/C28H26FN5O2S/c1-20-24(14-22-15-30-19-31-16-22)17-34(28(32-20)37-18-21-2-6-25(29)7-3-21)26-8-4-23(5-9-26)27(35)33-10-12-36-13-11-33/h2-9,15-17,19H,1,10-14,18H2. The van der Waals surface area contributed by atoms with Crippen LogP contribution in [-0.4, -0.2) is 52.2 Å². The number of allylic oxidation sites excluding steroid dienone is 1. The van der Waals surface area contributed by atoms with Gasteiger partial charge in [-0.05, 0) is 53.1 Å². The predicted octanol–water partition coefficient (Wildman–Crippen LogP) is 4.84. The first-order chi connectivity index (χ1) is 18.1. The molecule has 0 spiro atoms. The van der Waals surface area contributed by atoms with E-state index in [-0.39, 0.29) is 11.7 Å². The van der Waals surface area contributed by atoms with E-state index in [9.17, 15) is 9.18 Å². The summed E-state index contributed by atoms with van der Waals surface area (Å²) in [6.07, 6.45) is 7.67. The average Bonchev–Trinajstić information content (AvgIpc) is 2.95.